The van der Waals surface area contributed by atoms with Gasteiger partial charge in [0.05, 0.1) is 0 Å². The Balaban J connectivity index is 0.00000192. The van der Waals surface area contributed by atoms with Gasteiger partial charge in [0.2, 0.25) is 5.91 Å². The van der Waals surface area contributed by atoms with Gasteiger partial charge in [0.25, 0.3) is 0 Å². The predicted molar refractivity (Wildman–Crippen MR) is 92.0 cm³/mol. The molecular weight excluding hydrogens is 315 g/mol. The fourth-order valence-electron chi connectivity index (χ4n) is 3.49. The maximum atomic E-state index is 13.3. The summed E-state index contributed by atoms with van der Waals surface area (Å²) < 4.78 is 13.3. The molecule has 2 atom stereocenters. The Kier molecular flexibility index (Phi) is 6.42. The predicted octanol–water partition coefficient (Wildman–Crippen LogP) is 3.30. The number of halogens is 2. The molecule has 3 rings (SSSR count). The average molecular weight is 341 g/mol. The van der Waals surface area contributed by atoms with Crippen LogP contribution in [0.4, 0.5) is 4.39 Å². The Morgan fingerprint density at radius 1 is 1.26 bits per heavy atom. The molecule has 23 heavy (non-hydrogen) atoms. The molecule has 128 valence electrons. The molecule has 2 saturated carbocycles. The second-order valence-corrected chi connectivity index (χ2v) is 6.77. The van der Waals surface area contributed by atoms with E-state index in [0.29, 0.717) is 12.6 Å². The van der Waals surface area contributed by atoms with Crippen LogP contribution in [-0.2, 0) is 11.2 Å². The van der Waals surface area contributed by atoms with Crippen molar-refractivity contribution in [2.24, 2.45) is 11.7 Å². The second kappa shape index (κ2) is 8.11. The van der Waals surface area contributed by atoms with Crippen LogP contribution in [0.25, 0.3) is 0 Å². The Morgan fingerprint density at radius 3 is 2.70 bits per heavy atom. The van der Waals surface area contributed by atoms with E-state index in [-0.39, 0.29) is 36.1 Å². The number of benzene rings is 1. The van der Waals surface area contributed by atoms with Gasteiger partial charge in [-0.2, -0.15) is 0 Å². The Bertz CT molecular complexity index is 536. The summed E-state index contributed by atoms with van der Waals surface area (Å²) >= 11 is 0. The minimum Gasteiger partial charge on any atom is -0.339 e. The molecule has 2 N–H and O–H groups in total. The summed E-state index contributed by atoms with van der Waals surface area (Å²) in [4.78, 5) is 14.8. The number of hydrogen-bond acceptors (Lipinski definition) is 2. The first kappa shape index (κ1) is 18.2. The third kappa shape index (κ3) is 4.92. The summed E-state index contributed by atoms with van der Waals surface area (Å²) in [7, 11) is 0. The molecule has 0 bridgehead atoms. The first-order valence-corrected chi connectivity index (χ1v) is 8.44. The van der Waals surface area contributed by atoms with E-state index in [9.17, 15) is 9.18 Å². The minimum atomic E-state index is -0.208. The third-order valence-electron chi connectivity index (χ3n) is 4.87. The van der Waals surface area contributed by atoms with Gasteiger partial charge in [0, 0.05) is 24.5 Å². The lowest BCUT2D eigenvalue weighted by Crippen LogP contribution is -2.42. The topological polar surface area (TPSA) is 46.3 Å². The number of carbonyl (C=O) groups excluding carboxylic acids is 1. The lowest BCUT2D eigenvalue weighted by molar-refractivity contribution is -0.137. The molecule has 2 fully saturated rings. The smallest absolute Gasteiger partial charge is 0.225 e. The van der Waals surface area contributed by atoms with Crippen LogP contribution in [0.2, 0.25) is 0 Å². The maximum Gasteiger partial charge on any atom is 0.225 e. The SMILES string of the molecule is Cl.NC1CCCC(C(=O)N(CCc2cccc(F)c2)C2CC2)C1. The summed E-state index contributed by atoms with van der Waals surface area (Å²) in [6.45, 7) is 0.693. The molecule has 3 nitrogen and oxygen atoms in total. The van der Waals surface area contributed by atoms with Crippen LogP contribution in [0.5, 0.6) is 0 Å². The molecule has 1 aromatic rings. The van der Waals surface area contributed by atoms with Crippen molar-refractivity contribution in [1.29, 1.82) is 0 Å². The fourth-order valence-corrected chi connectivity index (χ4v) is 3.49. The van der Waals surface area contributed by atoms with Gasteiger partial charge in [-0.3, -0.25) is 4.79 Å². The molecule has 0 aliphatic heterocycles. The molecule has 0 radical (unpaired) electrons. The van der Waals surface area contributed by atoms with E-state index in [2.05, 4.69) is 0 Å². The zero-order valence-corrected chi connectivity index (χ0v) is 14.2. The van der Waals surface area contributed by atoms with E-state index < -0.39 is 0 Å². The lowest BCUT2D eigenvalue weighted by Gasteiger charge is -2.31. The molecule has 2 aliphatic rings. The first-order valence-electron chi connectivity index (χ1n) is 8.44. The number of amides is 1. The number of nitrogens with two attached hydrogens (primary N) is 1. The molecule has 0 saturated heterocycles. The monoisotopic (exact) mass is 340 g/mol. The van der Waals surface area contributed by atoms with Gasteiger partial charge in [-0.05, 0) is 56.2 Å². The molecule has 0 aromatic heterocycles. The number of rotatable bonds is 5. The zero-order chi connectivity index (χ0) is 15.5. The van der Waals surface area contributed by atoms with Crippen LogP contribution in [-0.4, -0.2) is 29.4 Å². The van der Waals surface area contributed by atoms with Gasteiger partial charge in [-0.25, -0.2) is 4.39 Å². The van der Waals surface area contributed by atoms with E-state index in [4.69, 9.17) is 5.73 Å². The van der Waals surface area contributed by atoms with Crippen LogP contribution in [0.15, 0.2) is 24.3 Å². The van der Waals surface area contributed by atoms with Gasteiger partial charge < -0.3 is 10.6 Å². The first-order chi connectivity index (χ1) is 10.6. The molecule has 1 aromatic carbocycles. The minimum absolute atomic E-state index is 0. The summed E-state index contributed by atoms with van der Waals surface area (Å²) in [5.74, 6) is 0.158. The summed E-state index contributed by atoms with van der Waals surface area (Å²) in [5.41, 5.74) is 6.98. The van der Waals surface area contributed by atoms with Crippen molar-refractivity contribution in [3.63, 3.8) is 0 Å². The Labute approximate surface area is 143 Å². The van der Waals surface area contributed by atoms with Crippen molar-refractivity contribution in [2.75, 3.05) is 6.54 Å². The molecule has 1 amide bonds. The number of nitrogens with zero attached hydrogens (tertiary/aromatic N) is 1. The van der Waals surface area contributed by atoms with E-state index in [1.807, 2.05) is 11.0 Å². The van der Waals surface area contributed by atoms with E-state index in [1.54, 1.807) is 12.1 Å². The maximum absolute atomic E-state index is 13.3. The molecule has 5 heteroatoms. The molecule has 2 unspecified atom stereocenters. The summed E-state index contributed by atoms with van der Waals surface area (Å²) in [6.07, 6.45) is 6.81. The summed E-state index contributed by atoms with van der Waals surface area (Å²) in [5, 5.41) is 0. The van der Waals surface area contributed by atoms with Crippen LogP contribution < -0.4 is 5.73 Å². The van der Waals surface area contributed by atoms with Crippen molar-refractivity contribution < 1.29 is 9.18 Å². The van der Waals surface area contributed by atoms with Crippen molar-refractivity contribution in [1.82, 2.24) is 4.90 Å². The summed E-state index contributed by atoms with van der Waals surface area (Å²) in [6, 6.07) is 7.25. The van der Waals surface area contributed by atoms with Crippen molar-refractivity contribution >= 4 is 18.3 Å². The largest absolute Gasteiger partial charge is 0.339 e. The number of carbonyl (C=O) groups is 1. The highest BCUT2D eigenvalue weighted by molar-refractivity contribution is 5.85. The highest BCUT2D eigenvalue weighted by atomic mass is 35.5. The quantitative estimate of drug-likeness (QED) is 0.894. The normalized spacial score (nSPS) is 23.9. The molecular formula is C18H26ClFN2O. The van der Waals surface area contributed by atoms with Crippen molar-refractivity contribution in [3.8, 4) is 0 Å². The van der Waals surface area contributed by atoms with Crippen molar-refractivity contribution in [3.05, 3.63) is 35.6 Å². The van der Waals surface area contributed by atoms with Crippen LogP contribution in [0.1, 0.15) is 44.1 Å². The highest BCUT2D eigenvalue weighted by Crippen LogP contribution is 2.32. The molecule has 0 spiro atoms. The van der Waals surface area contributed by atoms with Gasteiger partial charge in [-0.15, -0.1) is 12.4 Å². The van der Waals surface area contributed by atoms with Gasteiger partial charge in [0.15, 0.2) is 0 Å². The van der Waals surface area contributed by atoms with Gasteiger partial charge in [0.1, 0.15) is 5.82 Å². The zero-order valence-electron chi connectivity index (χ0n) is 13.4. The lowest BCUT2D eigenvalue weighted by atomic mass is 9.85. The fraction of sp³-hybridized carbons (Fsp3) is 0.611. The van der Waals surface area contributed by atoms with E-state index >= 15 is 0 Å². The van der Waals surface area contributed by atoms with Gasteiger partial charge in [-0.1, -0.05) is 18.6 Å². The van der Waals surface area contributed by atoms with Crippen LogP contribution >= 0.6 is 12.4 Å². The Morgan fingerprint density at radius 2 is 2.04 bits per heavy atom. The van der Waals surface area contributed by atoms with Gasteiger partial charge >= 0.3 is 0 Å². The highest BCUT2D eigenvalue weighted by Gasteiger charge is 2.36. The standard InChI is InChI=1S/C18H25FN2O.ClH/c19-15-5-1-3-13(11-15)9-10-21(17-7-8-17)18(22)14-4-2-6-16(20)12-14;/h1,3,5,11,14,16-17H,2,4,6-10,12,20H2;1H. The van der Waals surface area contributed by atoms with Crippen LogP contribution in [0.3, 0.4) is 0 Å². The second-order valence-electron chi connectivity index (χ2n) is 6.77. The van der Waals surface area contributed by atoms with Crippen molar-refractivity contribution in [2.45, 2.75) is 57.0 Å². The van der Waals surface area contributed by atoms with E-state index in [0.717, 1.165) is 50.5 Å². The molecule has 0 heterocycles. The average Bonchev–Trinajstić information content (AvgIpc) is 3.32. The van der Waals surface area contributed by atoms with Crippen LogP contribution in [0, 0.1) is 11.7 Å². The third-order valence-corrected chi connectivity index (χ3v) is 4.87. The molecule has 2 aliphatic carbocycles. The van der Waals surface area contributed by atoms with E-state index in [1.165, 1.54) is 6.07 Å². The Hall–Kier alpha value is -1.13. The number of hydrogen-bond donors (Lipinski definition) is 1.